The maximum absolute atomic E-state index is 4.82. The number of hydrogen-bond acceptors (Lipinski definition) is 2. The van der Waals surface area contributed by atoms with E-state index in [1.165, 1.54) is 6.42 Å². The fourth-order valence-corrected chi connectivity index (χ4v) is 2.95. The average molecular weight is 305 g/mol. The van der Waals surface area contributed by atoms with Crippen LogP contribution in [0.25, 0.3) is 0 Å². The molecule has 0 radical (unpaired) electrons. The average Bonchev–Trinajstić information content (AvgIpc) is 3.01. The van der Waals surface area contributed by atoms with Crippen molar-refractivity contribution in [1.82, 2.24) is 19.8 Å². The van der Waals surface area contributed by atoms with E-state index in [1.807, 2.05) is 12.5 Å². The summed E-state index contributed by atoms with van der Waals surface area (Å²) in [6.07, 6.45) is 8.22. The third-order valence-electron chi connectivity index (χ3n) is 4.43. The van der Waals surface area contributed by atoms with E-state index < -0.39 is 0 Å². The van der Waals surface area contributed by atoms with Gasteiger partial charge >= 0.3 is 0 Å². The largest absolute Gasteiger partial charge is 0.357 e. The van der Waals surface area contributed by atoms with Crippen molar-refractivity contribution in [2.45, 2.75) is 46.6 Å². The quantitative estimate of drug-likeness (QED) is 0.672. The maximum Gasteiger partial charge on any atom is 0.193 e. The lowest BCUT2D eigenvalue weighted by Crippen LogP contribution is -2.49. The summed E-state index contributed by atoms with van der Waals surface area (Å²) < 4.78 is 2.24. The van der Waals surface area contributed by atoms with Crippen molar-refractivity contribution in [3.8, 4) is 0 Å². The highest BCUT2D eigenvalue weighted by atomic mass is 15.3. The molecule has 1 fully saturated rings. The second kappa shape index (κ2) is 8.20. The van der Waals surface area contributed by atoms with Gasteiger partial charge < -0.3 is 14.8 Å². The van der Waals surface area contributed by atoms with Crippen LogP contribution in [0, 0.1) is 11.8 Å². The zero-order valence-electron chi connectivity index (χ0n) is 14.5. The summed E-state index contributed by atoms with van der Waals surface area (Å²) in [5.74, 6) is 2.44. The minimum absolute atomic E-state index is 0.477. The molecule has 2 atom stereocenters. The van der Waals surface area contributed by atoms with Gasteiger partial charge in [-0.15, -0.1) is 0 Å². The highest BCUT2D eigenvalue weighted by molar-refractivity contribution is 5.80. The number of nitrogens with one attached hydrogen (secondary N) is 1. The molecule has 1 aromatic heterocycles. The van der Waals surface area contributed by atoms with Crippen molar-refractivity contribution >= 4 is 5.96 Å². The van der Waals surface area contributed by atoms with Crippen LogP contribution in [0.1, 0.15) is 46.6 Å². The van der Waals surface area contributed by atoms with Gasteiger partial charge in [0.15, 0.2) is 5.96 Å². The molecule has 1 saturated heterocycles. The predicted molar refractivity (Wildman–Crippen MR) is 92.1 cm³/mol. The minimum Gasteiger partial charge on any atom is -0.357 e. The summed E-state index contributed by atoms with van der Waals surface area (Å²) >= 11 is 0. The molecule has 1 aliphatic rings. The van der Waals surface area contributed by atoms with E-state index in [9.17, 15) is 0 Å². The molecule has 0 bridgehead atoms. The van der Waals surface area contributed by atoms with Gasteiger partial charge in [-0.2, -0.15) is 0 Å². The van der Waals surface area contributed by atoms with Gasteiger partial charge in [0.25, 0.3) is 0 Å². The Morgan fingerprint density at radius 3 is 2.91 bits per heavy atom. The molecule has 1 N–H and O–H groups in total. The van der Waals surface area contributed by atoms with Gasteiger partial charge in [-0.1, -0.05) is 20.8 Å². The fraction of sp³-hybridized carbons (Fsp3) is 0.765. The van der Waals surface area contributed by atoms with E-state index in [0.29, 0.717) is 17.9 Å². The molecule has 0 amide bonds. The van der Waals surface area contributed by atoms with Crippen LogP contribution in [-0.4, -0.2) is 46.6 Å². The number of likely N-dealkylation sites (tertiary alicyclic amines) is 1. The first-order valence-corrected chi connectivity index (χ1v) is 8.62. The Balaban J connectivity index is 2.04. The molecule has 1 aliphatic heterocycles. The van der Waals surface area contributed by atoms with Gasteiger partial charge in [0, 0.05) is 38.6 Å². The fourth-order valence-electron chi connectivity index (χ4n) is 2.95. The van der Waals surface area contributed by atoms with Crippen LogP contribution >= 0.6 is 0 Å². The molecule has 124 valence electrons. The van der Waals surface area contributed by atoms with Crippen LogP contribution in [-0.2, 0) is 0 Å². The summed E-state index contributed by atoms with van der Waals surface area (Å²) in [7, 11) is 0. The summed E-state index contributed by atoms with van der Waals surface area (Å²) in [5, 5.41) is 3.46. The molecule has 2 heterocycles. The summed E-state index contributed by atoms with van der Waals surface area (Å²) in [4.78, 5) is 11.4. The van der Waals surface area contributed by atoms with E-state index in [0.717, 1.165) is 38.6 Å². The lowest BCUT2D eigenvalue weighted by Gasteiger charge is -2.39. The molecule has 1 aromatic rings. The van der Waals surface area contributed by atoms with Crippen molar-refractivity contribution < 1.29 is 0 Å². The van der Waals surface area contributed by atoms with Crippen LogP contribution < -0.4 is 5.32 Å². The van der Waals surface area contributed by atoms with Gasteiger partial charge in [-0.05, 0) is 31.6 Å². The Labute approximate surface area is 134 Å². The van der Waals surface area contributed by atoms with Crippen molar-refractivity contribution in [2.24, 2.45) is 16.8 Å². The second-order valence-electron chi connectivity index (χ2n) is 6.71. The molecular weight excluding hydrogens is 274 g/mol. The molecule has 0 aromatic carbocycles. The number of piperidine rings is 1. The first-order chi connectivity index (χ1) is 10.6. The van der Waals surface area contributed by atoms with Crippen LogP contribution in [0.4, 0.5) is 0 Å². The smallest absolute Gasteiger partial charge is 0.193 e. The van der Waals surface area contributed by atoms with E-state index in [2.05, 4.69) is 53.7 Å². The molecule has 0 saturated carbocycles. The van der Waals surface area contributed by atoms with Gasteiger partial charge in [-0.3, -0.25) is 4.99 Å². The number of guanidine groups is 1. The van der Waals surface area contributed by atoms with E-state index in [-0.39, 0.29) is 0 Å². The zero-order chi connectivity index (χ0) is 15.9. The van der Waals surface area contributed by atoms with E-state index in [4.69, 9.17) is 4.99 Å². The van der Waals surface area contributed by atoms with Gasteiger partial charge in [0.1, 0.15) is 0 Å². The Bertz CT molecular complexity index is 452. The SMILES string of the molecule is CCNC(=NCCC(C)C)N1CCC(C)C(n2ccnc2)C1. The third-order valence-corrected chi connectivity index (χ3v) is 4.43. The summed E-state index contributed by atoms with van der Waals surface area (Å²) in [6.45, 7) is 12.9. The second-order valence-corrected chi connectivity index (χ2v) is 6.71. The number of aromatic nitrogens is 2. The minimum atomic E-state index is 0.477. The lowest BCUT2D eigenvalue weighted by molar-refractivity contribution is 0.189. The van der Waals surface area contributed by atoms with Gasteiger partial charge in [0.05, 0.1) is 12.4 Å². The van der Waals surface area contributed by atoms with Crippen LogP contribution in [0.2, 0.25) is 0 Å². The van der Waals surface area contributed by atoms with Gasteiger partial charge in [-0.25, -0.2) is 4.98 Å². The Kier molecular flexibility index (Phi) is 6.28. The van der Waals surface area contributed by atoms with Crippen LogP contribution in [0.5, 0.6) is 0 Å². The predicted octanol–water partition coefficient (Wildman–Crippen LogP) is 2.78. The third kappa shape index (κ3) is 4.49. The number of aliphatic imine (C=N–C) groups is 1. The first kappa shape index (κ1) is 16.8. The van der Waals surface area contributed by atoms with Crippen molar-refractivity contribution in [2.75, 3.05) is 26.2 Å². The van der Waals surface area contributed by atoms with E-state index in [1.54, 1.807) is 0 Å². The first-order valence-electron chi connectivity index (χ1n) is 8.62. The van der Waals surface area contributed by atoms with Crippen molar-refractivity contribution in [3.63, 3.8) is 0 Å². The number of rotatable bonds is 5. The topological polar surface area (TPSA) is 45.5 Å². The molecule has 5 heteroatoms. The van der Waals surface area contributed by atoms with Crippen LogP contribution in [0.15, 0.2) is 23.7 Å². The number of hydrogen-bond donors (Lipinski definition) is 1. The molecule has 2 rings (SSSR count). The number of nitrogens with zero attached hydrogens (tertiary/aromatic N) is 4. The maximum atomic E-state index is 4.82. The molecule has 22 heavy (non-hydrogen) atoms. The van der Waals surface area contributed by atoms with Crippen molar-refractivity contribution in [1.29, 1.82) is 0 Å². The molecule has 2 unspecified atom stereocenters. The molecule has 0 aliphatic carbocycles. The Morgan fingerprint density at radius 2 is 2.27 bits per heavy atom. The molecule has 5 nitrogen and oxygen atoms in total. The zero-order valence-corrected chi connectivity index (χ0v) is 14.5. The van der Waals surface area contributed by atoms with Crippen molar-refractivity contribution in [3.05, 3.63) is 18.7 Å². The lowest BCUT2D eigenvalue weighted by atomic mass is 9.93. The number of imidazole rings is 1. The van der Waals surface area contributed by atoms with E-state index >= 15 is 0 Å². The van der Waals surface area contributed by atoms with Crippen LogP contribution in [0.3, 0.4) is 0 Å². The standard InChI is InChI=1S/C17H31N5/c1-5-19-17(20-8-6-14(2)3)21-10-7-15(4)16(12-21)22-11-9-18-13-22/h9,11,13-16H,5-8,10,12H2,1-4H3,(H,19,20). The Hall–Kier alpha value is -1.52. The molecule has 0 spiro atoms. The highest BCUT2D eigenvalue weighted by Gasteiger charge is 2.28. The summed E-state index contributed by atoms with van der Waals surface area (Å²) in [6, 6.07) is 0.477. The molecular formula is C17H31N5. The van der Waals surface area contributed by atoms with Gasteiger partial charge in [0.2, 0.25) is 0 Å². The highest BCUT2D eigenvalue weighted by Crippen LogP contribution is 2.27. The summed E-state index contributed by atoms with van der Waals surface area (Å²) in [5.41, 5.74) is 0. The normalized spacial score (nSPS) is 23.1. The monoisotopic (exact) mass is 305 g/mol. The Morgan fingerprint density at radius 1 is 1.45 bits per heavy atom.